The van der Waals surface area contributed by atoms with Crippen LogP contribution < -0.4 is 10.1 Å². The normalized spacial score (nSPS) is 21.8. The number of hydrogen-bond acceptors (Lipinski definition) is 6. The molecule has 0 bridgehead atoms. The summed E-state index contributed by atoms with van der Waals surface area (Å²) < 4.78 is 7.66. The summed E-state index contributed by atoms with van der Waals surface area (Å²) in [6, 6.07) is 6.29. The lowest BCUT2D eigenvalue weighted by Gasteiger charge is -2.40. The SMILES string of the molecule is COc1cc(/C=C2\CCCN3C2=NOC[C@@H]3CNC(=O)C2CCCCCC2)ccc1-n1cnc(C)c1. The number of aryl methyl sites for hydroxylation is 1. The molecule has 3 heterocycles. The fourth-order valence-electron chi connectivity index (χ4n) is 5.54. The van der Waals surface area contributed by atoms with E-state index in [1.807, 2.05) is 23.8 Å². The first kappa shape index (κ1) is 24.4. The van der Waals surface area contributed by atoms with Crippen LogP contribution >= 0.6 is 0 Å². The van der Waals surface area contributed by atoms with Crippen molar-refractivity contribution in [2.75, 3.05) is 26.8 Å². The first-order valence-electron chi connectivity index (χ1n) is 13.3. The zero-order valence-electron chi connectivity index (χ0n) is 21.4. The quantitative estimate of drug-likeness (QED) is 0.603. The largest absolute Gasteiger partial charge is 0.495 e. The summed E-state index contributed by atoms with van der Waals surface area (Å²) in [5, 5.41) is 7.66. The number of fused-ring (bicyclic) bond motifs is 1. The molecular formula is C28H37N5O3. The molecule has 1 saturated heterocycles. The second-order valence-electron chi connectivity index (χ2n) is 10.1. The molecule has 2 aromatic rings. The van der Waals surface area contributed by atoms with Gasteiger partial charge in [0.25, 0.3) is 0 Å². The molecule has 1 aromatic heterocycles. The summed E-state index contributed by atoms with van der Waals surface area (Å²) in [5.41, 5.74) is 4.11. The molecule has 8 nitrogen and oxygen atoms in total. The van der Waals surface area contributed by atoms with Gasteiger partial charge in [-0.05, 0) is 62.0 Å². The first-order valence-corrected chi connectivity index (χ1v) is 13.3. The Bertz CT molecular complexity index is 1130. The fourth-order valence-corrected chi connectivity index (χ4v) is 5.54. The number of oxime groups is 1. The molecule has 1 aromatic carbocycles. The highest BCUT2D eigenvalue weighted by atomic mass is 16.6. The highest BCUT2D eigenvalue weighted by Crippen LogP contribution is 2.29. The van der Waals surface area contributed by atoms with Crippen molar-refractivity contribution in [3.05, 3.63) is 47.6 Å². The maximum absolute atomic E-state index is 12.8. The van der Waals surface area contributed by atoms with Crippen LogP contribution in [0.3, 0.4) is 0 Å². The van der Waals surface area contributed by atoms with E-state index in [-0.39, 0.29) is 17.9 Å². The number of imidazole rings is 1. The number of benzene rings is 1. The van der Waals surface area contributed by atoms with Crippen molar-refractivity contribution in [3.8, 4) is 11.4 Å². The van der Waals surface area contributed by atoms with E-state index in [0.717, 1.165) is 79.2 Å². The molecule has 1 N–H and O–H groups in total. The molecule has 2 aliphatic heterocycles. The summed E-state index contributed by atoms with van der Waals surface area (Å²) in [5.74, 6) is 2.03. The van der Waals surface area contributed by atoms with Gasteiger partial charge in [0.15, 0.2) is 5.84 Å². The number of amides is 1. The number of carbonyl (C=O) groups is 1. The summed E-state index contributed by atoms with van der Waals surface area (Å²) in [4.78, 5) is 25.1. The van der Waals surface area contributed by atoms with Gasteiger partial charge in [-0.2, -0.15) is 0 Å². The van der Waals surface area contributed by atoms with Crippen LogP contribution in [-0.4, -0.2) is 59.0 Å². The molecule has 0 unspecified atom stereocenters. The molecule has 1 aliphatic carbocycles. The predicted molar refractivity (Wildman–Crippen MR) is 140 cm³/mol. The minimum Gasteiger partial charge on any atom is -0.495 e. The number of aromatic nitrogens is 2. The lowest BCUT2D eigenvalue weighted by atomic mass is 9.97. The maximum Gasteiger partial charge on any atom is 0.223 e. The highest BCUT2D eigenvalue weighted by Gasteiger charge is 2.32. The Morgan fingerprint density at radius 2 is 2.06 bits per heavy atom. The number of hydrogen-bond donors (Lipinski definition) is 1. The van der Waals surface area contributed by atoms with Gasteiger partial charge in [-0.15, -0.1) is 0 Å². The van der Waals surface area contributed by atoms with E-state index in [2.05, 4.69) is 38.6 Å². The molecule has 0 spiro atoms. The Morgan fingerprint density at radius 3 is 2.81 bits per heavy atom. The van der Waals surface area contributed by atoms with Crippen molar-refractivity contribution in [2.24, 2.45) is 11.1 Å². The number of piperidine rings is 1. The third kappa shape index (κ3) is 5.42. The van der Waals surface area contributed by atoms with Crippen LogP contribution in [0.15, 0.2) is 41.5 Å². The molecule has 0 radical (unpaired) electrons. The minimum atomic E-state index is 0.0947. The van der Waals surface area contributed by atoms with Gasteiger partial charge < -0.3 is 24.4 Å². The lowest BCUT2D eigenvalue weighted by Crippen LogP contribution is -2.54. The molecule has 1 amide bonds. The van der Waals surface area contributed by atoms with Crippen molar-refractivity contribution < 1.29 is 14.4 Å². The summed E-state index contributed by atoms with van der Waals surface area (Å²) in [6.07, 6.45) is 14.8. The van der Waals surface area contributed by atoms with Gasteiger partial charge in [0.1, 0.15) is 12.4 Å². The molecular weight excluding hydrogens is 454 g/mol. The minimum absolute atomic E-state index is 0.0947. The van der Waals surface area contributed by atoms with Crippen LogP contribution in [0.5, 0.6) is 5.75 Å². The number of ether oxygens (including phenoxy) is 1. The lowest BCUT2D eigenvalue weighted by molar-refractivity contribution is -0.125. The van der Waals surface area contributed by atoms with Crippen LogP contribution in [-0.2, 0) is 9.63 Å². The molecule has 1 saturated carbocycles. The Morgan fingerprint density at radius 1 is 1.22 bits per heavy atom. The molecule has 8 heteroatoms. The molecule has 1 atom stereocenters. The van der Waals surface area contributed by atoms with Crippen LogP contribution in [0.4, 0.5) is 0 Å². The maximum atomic E-state index is 12.8. The molecule has 2 fully saturated rings. The summed E-state index contributed by atoms with van der Waals surface area (Å²) in [6.45, 7) is 3.98. The number of methoxy groups -OCH3 is 1. The van der Waals surface area contributed by atoms with Crippen molar-refractivity contribution in [3.63, 3.8) is 0 Å². The second kappa shape index (κ2) is 11.2. The number of nitrogens with zero attached hydrogens (tertiary/aromatic N) is 4. The Kier molecular flexibility index (Phi) is 7.58. The number of carbonyl (C=O) groups excluding carboxylic acids is 1. The predicted octanol–water partition coefficient (Wildman–Crippen LogP) is 4.47. The van der Waals surface area contributed by atoms with E-state index in [1.165, 1.54) is 12.8 Å². The highest BCUT2D eigenvalue weighted by molar-refractivity contribution is 6.03. The molecule has 36 heavy (non-hydrogen) atoms. The van der Waals surface area contributed by atoms with Gasteiger partial charge in [-0.3, -0.25) is 4.79 Å². The molecule has 3 aliphatic rings. The zero-order valence-corrected chi connectivity index (χ0v) is 21.4. The number of amidine groups is 1. The van der Waals surface area contributed by atoms with E-state index in [0.29, 0.717) is 13.2 Å². The van der Waals surface area contributed by atoms with Gasteiger partial charge in [0.2, 0.25) is 5.91 Å². The zero-order chi connectivity index (χ0) is 24.9. The third-order valence-corrected chi connectivity index (χ3v) is 7.54. The van der Waals surface area contributed by atoms with Crippen molar-refractivity contribution >= 4 is 17.8 Å². The van der Waals surface area contributed by atoms with Crippen LogP contribution in [0.25, 0.3) is 11.8 Å². The summed E-state index contributed by atoms with van der Waals surface area (Å²) >= 11 is 0. The van der Waals surface area contributed by atoms with E-state index in [4.69, 9.17) is 9.57 Å². The van der Waals surface area contributed by atoms with E-state index in [1.54, 1.807) is 13.4 Å². The van der Waals surface area contributed by atoms with Crippen LogP contribution in [0, 0.1) is 12.8 Å². The van der Waals surface area contributed by atoms with Crippen LogP contribution in [0.2, 0.25) is 0 Å². The van der Waals surface area contributed by atoms with Gasteiger partial charge in [0, 0.05) is 25.2 Å². The average molecular weight is 492 g/mol. The smallest absolute Gasteiger partial charge is 0.223 e. The summed E-state index contributed by atoms with van der Waals surface area (Å²) in [7, 11) is 1.69. The standard InChI is InChI=1S/C28H37N5O3/c1-20-17-32(19-30-20)25-12-11-21(15-26(25)35-2)14-23-10-7-13-33-24(18-36-31-27(23)33)16-29-28(34)22-8-5-3-4-6-9-22/h11-12,14-15,17,19,22,24H,3-10,13,16,18H2,1-2H3,(H,29,34)/b23-14+/t24-/m0/s1. The third-order valence-electron chi connectivity index (χ3n) is 7.54. The fraction of sp³-hybridized carbons (Fsp3) is 0.536. The van der Waals surface area contributed by atoms with Crippen molar-refractivity contribution in [2.45, 2.75) is 64.3 Å². The number of nitrogens with one attached hydrogen (secondary N) is 1. The topological polar surface area (TPSA) is 81.0 Å². The number of rotatable bonds is 6. The van der Waals surface area contributed by atoms with Gasteiger partial charge in [0.05, 0.1) is 30.9 Å². The van der Waals surface area contributed by atoms with Crippen molar-refractivity contribution in [1.29, 1.82) is 0 Å². The van der Waals surface area contributed by atoms with E-state index < -0.39 is 0 Å². The Hall–Kier alpha value is -3.29. The van der Waals surface area contributed by atoms with E-state index >= 15 is 0 Å². The monoisotopic (exact) mass is 491 g/mol. The van der Waals surface area contributed by atoms with Gasteiger partial charge >= 0.3 is 0 Å². The Labute approximate surface area is 213 Å². The average Bonchev–Trinajstić information content (AvgIpc) is 3.15. The second-order valence-corrected chi connectivity index (χ2v) is 10.1. The van der Waals surface area contributed by atoms with Gasteiger partial charge in [-0.1, -0.05) is 36.9 Å². The molecule has 5 rings (SSSR count). The van der Waals surface area contributed by atoms with E-state index in [9.17, 15) is 4.79 Å². The van der Waals surface area contributed by atoms with Crippen LogP contribution in [0.1, 0.15) is 62.6 Å². The van der Waals surface area contributed by atoms with Gasteiger partial charge in [-0.25, -0.2) is 4.98 Å². The Balaban J connectivity index is 1.29. The molecule has 192 valence electrons. The van der Waals surface area contributed by atoms with Crippen molar-refractivity contribution in [1.82, 2.24) is 19.8 Å². The first-order chi connectivity index (χ1) is 17.6.